The van der Waals surface area contributed by atoms with Crippen LogP contribution in [0.1, 0.15) is 19.3 Å². The fraction of sp³-hybridized carbons (Fsp3) is 0.588. The van der Waals surface area contributed by atoms with E-state index in [4.69, 9.17) is 15.2 Å². The minimum atomic E-state index is 0.481. The molecule has 1 aliphatic rings. The molecule has 0 amide bonds. The van der Waals surface area contributed by atoms with Gasteiger partial charge < -0.3 is 14.7 Å². The maximum absolute atomic E-state index is 8.85. The van der Waals surface area contributed by atoms with Gasteiger partial charge in [-0.3, -0.25) is 0 Å². The molecule has 1 saturated heterocycles. The van der Waals surface area contributed by atoms with Crippen LogP contribution in [0.2, 0.25) is 0 Å². The quantitative estimate of drug-likeness (QED) is 0.831. The summed E-state index contributed by atoms with van der Waals surface area (Å²) in [6.07, 6.45) is 2.77. The standard InChI is InChI=1S/C17H24N6S/c1-21-10-5-13(6-11-21)23(3)17-19-14-7-12-24-15(14)16(20-17)22(2)9-4-8-18/h7,12-13H,4-6,9-11H2,1-3H3. The highest BCUT2D eigenvalue weighted by Crippen LogP contribution is 2.31. The van der Waals surface area contributed by atoms with Crippen molar-refractivity contribution in [1.82, 2.24) is 14.9 Å². The van der Waals surface area contributed by atoms with Crippen LogP contribution in [0, 0.1) is 11.3 Å². The number of likely N-dealkylation sites (tertiary alicyclic amines) is 1. The first kappa shape index (κ1) is 16.9. The molecule has 1 fully saturated rings. The van der Waals surface area contributed by atoms with Gasteiger partial charge in [0.25, 0.3) is 0 Å². The molecule has 2 aromatic heterocycles. The Labute approximate surface area is 147 Å². The van der Waals surface area contributed by atoms with Gasteiger partial charge in [0.1, 0.15) is 0 Å². The van der Waals surface area contributed by atoms with E-state index in [1.54, 1.807) is 11.3 Å². The first-order valence-corrected chi connectivity index (χ1v) is 9.23. The average Bonchev–Trinajstić information content (AvgIpc) is 3.07. The van der Waals surface area contributed by atoms with Crippen LogP contribution < -0.4 is 9.80 Å². The summed E-state index contributed by atoms with van der Waals surface area (Å²) in [7, 11) is 6.27. The largest absolute Gasteiger partial charge is 0.357 e. The minimum absolute atomic E-state index is 0.481. The molecule has 24 heavy (non-hydrogen) atoms. The van der Waals surface area contributed by atoms with E-state index in [0.717, 1.165) is 47.9 Å². The van der Waals surface area contributed by atoms with Crippen molar-refractivity contribution < 1.29 is 0 Å². The molecule has 1 aliphatic heterocycles. The lowest BCUT2D eigenvalue weighted by molar-refractivity contribution is 0.252. The Morgan fingerprint density at radius 3 is 2.79 bits per heavy atom. The van der Waals surface area contributed by atoms with E-state index in [0.29, 0.717) is 19.0 Å². The van der Waals surface area contributed by atoms with Crippen molar-refractivity contribution in [3.8, 4) is 6.07 Å². The first-order chi connectivity index (χ1) is 11.6. The minimum Gasteiger partial charge on any atom is -0.357 e. The van der Waals surface area contributed by atoms with Crippen molar-refractivity contribution in [3.63, 3.8) is 0 Å². The summed E-state index contributed by atoms with van der Waals surface area (Å²) in [6.45, 7) is 2.91. The molecule has 128 valence electrons. The summed E-state index contributed by atoms with van der Waals surface area (Å²) in [4.78, 5) is 16.3. The van der Waals surface area contributed by atoms with Crippen molar-refractivity contribution in [1.29, 1.82) is 5.26 Å². The van der Waals surface area contributed by atoms with Gasteiger partial charge in [0.15, 0.2) is 5.82 Å². The number of nitrogens with zero attached hydrogens (tertiary/aromatic N) is 6. The van der Waals surface area contributed by atoms with Gasteiger partial charge in [-0.15, -0.1) is 11.3 Å². The normalized spacial score (nSPS) is 16.2. The van der Waals surface area contributed by atoms with Crippen molar-refractivity contribution >= 4 is 33.3 Å². The number of fused-ring (bicyclic) bond motifs is 1. The van der Waals surface area contributed by atoms with Crippen LogP contribution >= 0.6 is 11.3 Å². The fourth-order valence-electron chi connectivity index (χ4n) is 3.12. The van der Waals surface area contributed by atoms with Crippen molar-refractivity contribution in [3.05, 3.63) is 11.4 Å². The smallest absolute Gasteiger partial charge is 0.227 e. The number of rotatable bonds is 5. The lowest BCUT2D eigenvalue weighted by Crippen LogP contribution is -2.42. The Morgan fingerprint density at radius 1 is 1.33 bits per heavy atom. The van der Waals surface area contributed by atoms with Crippen molar-refractivity contribution in [2.45, 2.75) is 25.3 Å². The third-order valence-corrected chi connectivity index (χ3v) is 5.65. The lowest BCUT2D eigenvalue weighted by atomic mass is 10.0. The van der Waals surface area contributed by atoms with E-state index in [1.165, 1.54) is 0 Å². The van der Waals surface area contributed by atoms with Crippen LogP contribution in [-0.4, -0.2) is 61.7 Å². The molecule has 0 spiro atoms. The molecule has 0 bridgehead atoms. The number of aromatic nitrogens is 2. The highest BCUT2D eigenvalue weighted by atomic mass is 32.1. The summed E-state index contributed by atoms with van der Waals surface area (Å²) in [5.74, 6) is 1.72. The molecule has 0 saturated carbocycles. The summed E-state index contributed by atoms with van der Waals surface area (Å²) in [5, 5.41) is 10.9. The molecule has 0 aromatic carbocycles. The Morgan fingerprint density at radius 2 is 2.08 bits per heavy atom. The van der Waals surface area contributed by atoms with Gasteiger partial charge in [0, 0.05) is 26.7 Å². The number of anilines is 2. The molecule has 3 rings (SSSR count). The molecule has 2 aromatic rings. The third-order valence-electron chi connectivity index (χ3n) is 4.75. The van der Waals surface area contributed by atoms with Crippen LogP contribution in [0.25, 0.3) is 10.2 Å². The van der Waals surface area contributed by atoms with E-state index < -0.39 is 0 Å². The maximum Gasteiger partial charge on any atom is 0.227 e. The van der Waals surface area contributed by atoms with Crippen molar-refractivity contribution in [2.24, 2.45) is 0 Å². The number of thiophene rings is 1. The zero-order chi connectivity index (χ0) is 17.1. The summed E-state index contributed by atoms with van der Waals surface area (Å²) in [5.41, 5.74) is 0.989. The zero-order valence-corrected chi connectivity index (χ0v) is 15.4. The van der Waals surface area contributed by atoms with Gasteiger partial charge in [-0.1, -0.05) is 0 Å². The van der Waals surface area contributed by atoms with Gasteiger partial charge in [0.05, 0.1) is 22.7 Å². The third kappa shape index (κ3) is 3.45. The van der Waals surface area contributed by atoms with E-state index in [-0.39, 0.29) is 0 Å². The molecule has 0 aliphatic carbocycles. The van der Waals surface area contributed by atoms with Gasteiger partial charge in [-0.25, -0.2) is 4.98 Å². The van der Waals surface area contributed by atoms with E-state index in [9.17, 15) is 0 Å². The molecule has 0 unspecified atom stereocenters. The topological polar surface area (TPSA) is 59.3 Å². The summed E-state index contributed by atoms with van der Waals surface area (Å²) in [6, 6.07) is 4.74. The summed E-state index contributed by atoms with van der Waals surface area (Å²) >= 11 is 1.66. The van der Waals surface area contributed by atoms with Crippen LogP contribution in [-0.2, 0) is 0 Å². The van der Waals surface area contributed by atoms with E-state index >= 15 is 0 Å². The Bertz CT molecular complexity index is 728. The molecular formula is C17H24N6S. The maximum atomic E-state index is 8.85. The molecule has 0 atom stereocenters. The number of hydrogen-bond donors (Lipinski definition) is 0. The average molecular weight is 344 g/mol. The number of hydrogen-bond acceptors (Lipinski definition) is 7. The Hall–Kier alpha value is -1.91. The molecule has 0 N–H and O–H groups in total. The van der Waals surface area contributed by atoms with Crippen LogP contribution in [0.15, 0.2) is 11.4 Å². The van der Waals surface area contributed by atoms with Crippen LogP contribution in [0.4, 0.5) is 11.8 Å². The second kappa shape index (κ2) is 7.32. The fourth-order valence-corrected chi connectivity index (χ4v) is 4.00. The number of nitriles is 1. The van der Waals surface area contributed by atoms with Gasteiger partial charge >= 0.3 is 0 Å². The SMILES string of the molecule is CN1CCC(N(C)c2nc(N(C)CCC#N)c3sccc3n2)CC1. The number of piperidine rings is 1. The predicted octanol–water partition coefficient (Wildman–Crippen LogP) is 2.57. The summed E-state index contributed by atoms with van der Waals surface area (Å²) < 4.78 is 1.09. The van der Waals surface area contributed by atoms with Gasteiger partial charge in [-0.2, -0.15) is 10.2 Å². The zero-order valence-electron chi connectivity index (χ0n) is 14.6. The highest BCUT2D eigenvalue weighted by Gasteiger charge is 2.24. The van der Waals surface area contributed by atoms with Crippen molar-refractivity contribution in [2.75, 3.05) is 50.6 Å². The second-order valence-corrected chi connectivity index (χ2v) is 7.37. The van der Waals surface area contributed by atoms with Crippen LogP contribution in [0.3, 0.4) is 0 Å². The molecule has 3 heterocycles. The monoisotopic (exact) mass is 344 g/mol. The molecule has 0 radical (unpaired) electrons. The van der Waals surface area contributed by atoms with Gasteiger partial charge in [0.2, 0.25) is 5.95 Å². The van der Waals surface area contributed by atoms with E-state index in [1.807, 2.05) is 7.05 Å². The first-order valence-electron chi connectivity index (χ1n) is 8.35. The lowest BCUT2D eigenvalue weighted by Gasteiger charge is -2.35. The highest BCUT2D eigenvalue weighted by molar-refractivity contribution is 7.17. The Balaban J connectivity index is 1.89. The van der Waals surface area contributed by atoms with E-state index in [2.05, 4.69) is 46.3 Å². The predicted molar refractivity (Wildman–Crippen MR) is 99.8 cm³/mol. The molecular weight excluding hydrogens is 320 g/mol. The second-order valence-electron chi connectivity index (χ2n) is 6.46. The molecule has 7 heteroatoms. The van der Waals surface area contributed by atoms with Gasteiger partial charge in [-0.05, 0) is 44.4 Å². The Kier molecular flexibility index (Phi) is 5.17. The van der Waals surface area contributed by atoms with Crippen LogP contribution in [0.5, 0.6) is 0 Å². The molecule has 6 nitrogen and oxygen atoms in total.